The largest absolute Gasteiger partial charge is 0.480 e. The van der Waals surface area contributed by atoms with Crippen LogP contribution < -0.4 is 33.2 Å². The van der Waals surface area contributed by atoms with E-state index in [9.17, 15) is 24.0 Å². The monoisotopic (exact) mass is 374 g/mol. The number of rotatable bonds is 13. The van der Waals surface area contributed by atoms with Crippen LogP contribution in [0.25, 0.3) is 0 Å². The number of primary amides is 1. The maximum atomic E-state index is 12.2. The number of carbonyl (C=O) groups excluding carboxylic acids is 4. The molecule has 148 valence electrons. The molecule has 0 aliphatic rings. The number of hydrogen-bond donors (Lipinski definition) is 7. The van der Waals surface area contributed by atoms with Gasteiger partial charge in [-0.25, -0.2) is 0 Å². The fourth-order valence-electron chi connectivity index (χ4n) is 1.88. The van der Waals surface area contributed by atoms with Crippen molar-refractivity contribution in [2.24, 2.45) is 17.2 Å². The number of unbranched alkanes of at least 4 members (excludes halogenated alkanes) is 1. The van der Waals surface area contributed by atoms with Crippen molar-refractivity contribution in [1.29, 1.82) is 0 Å². The summed E-state index contributed by atoms with van der Waals surface area (Å²) in [6, 6.07) is -2.18. The first-order valence-corrected chi connectivity index (χ1v) is 7.97. The lowest BCUT2D eigenvalue weighted by atomic mass is 10.1. The first kappa shape index (κ1) is 23.3. The van der Waals surface area contributed by atoms with Gasteiger partial charge >= 0.3 is 5.97 Å². The molecule has 26 heavy (non-hydrogen) atoms. The fourth-order valence-corrected chi connectivity index (χ4v) is 1.88. The minimum Gasteiger partial charge on any atom is -0.480 e. The molecular formula is C14H26N6O6. The molecule has 4 amide bonds. The number of amides is 4. The highest BCUT2D eigenvalue weighted by atomic mass is 16.4. The summed E-state index contributed by atoms with van der Waals surface area (Å²) in [6.45, 7) is -0.628. The van der Waals surface area contributed by atoms with Crippen molar-refractivity contribution in [3.63, 3.8) is 0 Å². The number of carboxylic acids is 1. The lowest BCUT2D eigenvalue weighted by Crippen LogP contribution is -2.53. The smallest absolute Gasteiger partial charge is 0.322 e. The van der Waals surface area contributed by atoms with E-state index in [4.69, 9.17) is 22.3 Å². The Balaban J connectivity index is 4.65. The van der Waals surface area contributed by atoms with Gasteiger partial charge in [0.15, 0.2) is 0 Å². The second-order valence-electron chi connectivity index (χ2n) is 5.51. The highest BCUT2D eigenvalue weighted by Gasteiger charge is 2.24. The fraction of sp³-hybridized carbons (Fsp3) is 0.643. The van der Waals surface area contributed by atoms with Crippen molar-refractivity contribution in [2.45, 2.75) is 37.8 Å². The molecule has 0 aliphatic carbocycles. The Hall–Kier alpha value is -2.73. The van der Waals surface area contributed by atoms with Gasteiger partial charge in [0.25, 0.3) is 0 Å². The van der Waals surface area contributed by atoms with Crippen LogP contribution in [0.15, 0.2) is 0 Å². The normalized spacial score (nSPS) is 12.5. The molecule has 12 nitrogen and oxygen atoms in total. The maximum Gasteiger partial charge on any atom is 0.322 e. The molecule has 0 fully saturated rings. The van der Waals surface area contributed by atoms with Crippen molar-refractivity contribution in [3.05, 3.63) is 0 Å². The van der Waals surface area contributed by atoms with Crippen molar-refractivity contribution in [3.8, 4) is 0 Å². The van der Waals surface area contributed by atoms with Crippen LogP contribution in [0.1, 0.15) is 25.7 Å². The van der Waals surface area contributed by atoms with Crippen LogP contribution in [0, 0.1) is 0 Å². The second kappa shape index (κ2) is 12.6. The van der Waals surface area contributed by atoms with Crippen molar-refractivity contribution < 1.29 is 29.1 Å². The molecule has 0 saturated carbocycles. The zero-order valence-corrected chi connectivity index (χ0v) is 14.3. The highest BCUT2D eigenvalue weighted by molar-refractivity contribution is 5.93. The van der Waals surface area contributed by atoms with Gasteiger partial charge in [0.1, 0.15) is 12.6 Å². The van der Waals surface area contributed by atoms with E-state index in [0.717, 1.165) is 0 Å². The van der Waals surface area contributed by atoms with E-state index < -0.39 is 54.8 Å². The van der Waals surface area contributed by atoms with Gasteiger partial charge in [-0.2, -0.15) is 0 Å². The number of hydrogen-bond acceptors (Lipinski definition) is 7. The summed E-state index contributed by atoms with van der Waals surface area (Å²) in [6.07, 6.45) is 1.02. The third kappa shape index (κ3) is 10.9. The van der Waals surface area contributed by atoms with E-state index >= 15 is 0 Å². The number of carboxylic acid groups (broad SMARTS) is 1. The van der Waals surface area contributed by atoms with E-state index in [-0.39, 0.29) is 12.8 Å². The Bertz CT molecular complexity index is 526. The van der Waals surface area contributed by atoms with Gasteiger partial charge in [-0.3, -0.25) is 24.0 Å². The molecule has 0 heterocycles. The predicted molar refractivity (Wildman–Crippen MR) is 90.3 cm³/mol. The second-order valence-corrected chi connectivity index (χ2v) is 5.51. The Morgan fingerprint density at radius 2 is 1.62 bits per heavy atom. The van der Waals surface area contributed by atoms with Crippen molar-refractivity contribution in [1.82, 2.24) is 16.0 Å². The van der Waals surface area contributed by atoms with Crippen LogP contribution in [-0.2, 0) is 24.0 Å². The molecular weight excluding hydrogens is 348 g/mol. The number of nitrogens with two attached hydrogens (primary N) is 3. The minimum atomic E-state index is -1.22. The average Bonchev–Trinajstić information content (AvgIpc) is 2.56. The number of aliphatic carboxylic acids is 1. The van der Waals surface area contributed by atoms with Gasteiger partial charge in [-0.15, -0.1) is 0 Å². The lowest BCUT2D eigenvalue weighted by Gasteiger charge is -2.20. The molecule has 0 bridgehead atoms. The van der Waals surface area contributed by atoms with Gasteiger partial charge in [0.05, 0.1) is 19.0 Å². The van der Waals surface area contributed by atoms with Crippen LogP contribution >= 0.6 is 0 Å². The number of nitrogens with one attached hydrogen (secondary N) is 3. The molecule has 10 N–H and O–H groups in total. The average molecular weight is 374 g/mol. The maximum absolute atomic E-state index is 12.2. The highest BCUT2D eigenvalue weighted by Crippen LogP contribution is 2.02. The van der Waals surface area contributed by atoms with E-state index in [1.54, 1.807) is 0 Å². The Kier molecular flexibility index (Phi) is 11.3. The molecule has 0 spiro atoms. The van der Waals surface area contributed by atoms with E-state index in [0.29, 0.717) is 19.4 Å². The Morgan fingerprint density at radius 1 is 0.962 bits per heavy atom. The molecule has 0 aromatic heterocycles. The summed E-state index contributed by atoms with van der Waals surface area (Å²) in [5.74, 6) is -4.05. The van der Waals surface area contributed by atoms with Crippen LogP contribution in [0.5, 0.6) is 0 Å². The standard InChI is InChI=1S/C14H26N6O6/c15-4-2-1-3-9(20-13(25)8(16)5-10(17)21)14(26)19-6-11(22)18-7-12(23)24/h8-9H,1-7,15-16H2,(H2,17,21)(H,18,22)(H,19,26)(H,20,25)(H,23,24). The van der Waals surface area contributed by atoms with Gasteiger partial charge in [-0.1, -0.05) is 0 Å². The first-order chi connectivity index (χ1) is 12.2. The summed E-state index contributed by atoms with van der Waals surface area (Å²) < 4.78 is 0. The third-order valence-electron chi connectivity index (χ3n) is 3.20. The van der Waals surface area contributed by atoms with Gasteiger partial charge < -0.3 is 38.3 Å². The van der Waals surface area contributed by atoms with Crippen LogP contribution in [0.3, 0.4) is 0 Å². The van der Waals surface area contributed by atoms with Crippen LogP contribution in [-0.4, -0.2) is 66.4 Å². The number of carbonyl (C=O) groups is 5. The predicted octanol–water partition coefficient (Wildman–Crippen LogP) is -3.88. The Labute approximate surface area is 150 Å². The van der Waals surface area contributed by atoms with Gasteiger partial charge in [-0.05, 0) is 25.8 Å². The summed E-state index contributed by atoms with van der Waals surface area (Å²) in [4.78, 5) is 56.7. The zero-order valence-electron chi connectivity index (χ0n) is 14.3. The SMILES string of the molecule is NCCCCC(NC(=O)C(N)CC(N)=O)C(=O)NCC(=O)NCC(=O)O. The van der Waals surface area contributed by atoms with E-state index in [1.807, 2.05) is 0 Å². The molecule has 0 aliphatic heterocycles. The molecule has 0 aromatic carbocycles. The summed E-state index contributed by atoms with van der Waals surface area (Å²) in [7, 11) is 0. The molecule has 12 heteroatoms. The van der Waals surface area contributed by atoms with Crippen molar-refractivity contribution in [2.75, 3.05) is 19.6 Å². The summed E-state index contributed by atoms with van der Waals surface area (Å²) in [5.41, 5.74) is 15.9. The van der Waals surface area contributed by atoms with E-state index in [1.165, 1.54) is 0 Å². The van der Waals surface area contributed by atoms with Crippen LogP contribution in [0.4, 0.5) is 0 Å². The van der Waals surface area contributed by atoms with Crippen molar-refractivity contribution >= 4 is 29.6 Å². The Morgan fingerprint density at radius 3 is 2.15 bits per heavy atom. The summed E-state index contributed by atoms with van der Waals surface area (Å²) in [5, 5.41) is 15.2. The quantitative estimate of drug-likeness (QED) is 0.158. The molecule has 0 rings (SSSR count). The van der Waals surface area contributed by atoms with Gasteiger partial charge in [0, 0.05) is 0 Å². The molecule has 2 atom stereocenters. The van der Waals surface area contributed by atoms with Gasteiger partial charge in [0.2, 0.25) is 23.6 Å². The van der Waals surface area contributed by atoms with Crippen LogP contribution in [0.2, 0.25) is 0 Å². The third-order valence-corrected chi connectivity index (χ3v) is 3.20. The topological polar surface area (TPSA) is 220 Å². The zero-order chi connectivity index (χ0) is 20.1. The van der Waals surface area contributed by atoms with E-state index in [2.05, 4.69) is 16.0 Å². The minimum absolute atomic E-state index is 0.245. The first-order valence-electron chi connectivity index (χ1n) is 7.97. The molecule has 2 unspecified atom stereocenters. The molecule has 0 aromatic rings. The molecule has 0 saturated heterocycles. The molecule has 0 radical (unpaired) electrons. The lowest BCUT2D eigenvalue weighted by molar-refractivity contribution is -0.138. The summed E-state index contributed by atoms with van der Waals surface area (Å²) >= 11 is 0.